The number of nitrogens with zero attached hydrogens (tertiary/aromatic N) is 2. The van der Waals surface area contributed by atoms with Crippen LogP contribution in [0.1, 0.15) is 43.9 Å². The van der Waals surface area contributed by atoms with Gasteiger partial charge >= 0.3 is 0 Å². The zero-order chi connectivity index (χ0) is 27.9. The Hall–Kier alpha value is -2.88. The van der Waals surface area contributed by atoms with E-state index in [9.17, 15) is 14.7 Å². The van der Waals surface area contributed by atoms with Crippen LogP contribution in [-0.4, -0.2) is 79.7 Å². The summed E-state index contributed by atoms with van der Waals surface area (Å²) in [5.41, 5.74) is 1.21. The molecule has 0 bridgehead atoms. The number of amides is 1. The highest BCUT2D eigenvalue weighted by Crippen LogP contribution is 2.42. The predicted molar refractivity (Wildman–Crippen MR) is 153 cm³/mol. The van der Waals surface area contributed by atoms with Gasteiger partial charge in [-0.2, -0.15) is 0 Å². The number of hydrogen-bond acceptors (Lipinski definition) is 7. The van der Waals surface area contributed by atoms with E-state index in [1.807, 2.05) is 12.1 Å². The van der Waals surface area contributed by atoms with Crippen molar-refractivity contribution in [3.63, 3.8) is 0 Å². The number of carbonyl (C=O) groups excluding carboxylic acids is 2. The molecule has 1 N–H and O–H groups in total. The van der Waals surface area contributed by atoms with E-state index >= 15 is 0 Å². The minimum Gasteiger partial charge on any atom is -0.507 e. The fourth-order valence-electron chi connectivity index (χ4n) is 4.89. The quantitative estimate of drug-likeness (QED) is 0.220. The minimum atomic E-state index is -0.753. The molecule has 0 radical (unpaired) electrons. The summed E-state index contributed by atoms with van der Waals surface area (Å²) in [4.78, 5) is 30.6. The van der Waals surface area contributed by atoms with Gasteiger partial charge in [0.2, 0.25) is 0 Å². The van der Waals surface area contributed by atoms with E-state index in [1.165, 1.54) is 0 Å². The number of carbonyl (C=O) groups is 2. The van der Waals surface area contributed by atoms with Crippen molar-refractivity contribution in [2.24, 2.45) is 5.92 Å². The second kappa shape index (κ2) is 13.5. The van der Waals surface area contributed by atoms with Gasteiger partial charge in [-0.05, 0) is 48.6 Å². The second-order valence-corrected chi connectivity index (χ2v) is 11.2. The third-order valence-corrected chi connectivity index (χ3v) is 7.62. The summed E-state index contributed by atoms with van der Waals surface area (Å²) in [6.07, 6.45) is 1.59. The van der Waals surface area contributed by atoms with Crippen LogP contribution in [0.3, 0.4) is 0 Å². The zero-order valence-electron chi connectivity index (χ0n) is 22.8. The number of ether oxygens (including phenoxy) is 3. The Morgan fingerprint density at radius 2 is 1.79 bits per heavy atom. The first-order valence-electron chi connectivity index (χ1n) is 13.4. The molecule has 1 amide bonds. The van der Waals surface area contributed by atoms with Crippen LogP contribution >= 0.6 is 15.9 Å². The van der Waals surface area contributed by atoms with E-state index in [0.717, 1.165) is 30.5 Å². The maximum Gasteiger partial charge on any atom is 0.295 e. The van der Waals surface area contributed by atoms with Crippen molar-refractivity contribution in [3.8, 4) is 11.5 Å². The molecule has 2 aromatic rings. The molecule has 4 rings (SSSR count). The fourth-order valence-corrected chi connectivity index (χ4v) is 5.15. The Balaban J connectivity index is 1.68. The lowest BCUT2D eigenvalue weighted by molar-refractivity contribution is -0.140. The fraction of sp³-hybridized carbons (Fsp3) is 0.467. The normalized spacial score (nSPS) is 19.6. The Bertz CT molecular complexity index is 1190. The molecule has 2 aliphatic rings. The maximum atomic E-state index is 13.4. The number of Topliss-reactive ketones (excluding diaryl/α,β-unsaturated/α-hetero) is 1. The van der Waals surface area contributed by atoms with Crippen molar-refractivity contribution in [2.75, 3.05) is 53.1 Å². The number of morpholine rings is 1. The molecule has 1 unspecified atom stereocenters. The van der Waals surface area contributed by atoms with Gasteiger partial charge in [-0.15, -0.1) is 0 Å². The first-order chi connectivity index (χ1) is 18.8. The number of rotatable bonds is 11. The zero-order valence-corrected chi connectivity index (χ0v) is 24.4. The highest BCUT2D eigenvalue weighted by molar-refractivity contribution is 9.10. The van der Waals surface area contributed by atoms with Crippen LogP contribution < -0.4 is 9.47 Å². The molecule has 9 heteroatoms. The van der Waals surface area contributed by atoms with Crippen molar-refractivity contribution in [1.82, 2.24) is 9.80 Å². The standard InChI is InChI=1S/C30H37BrN2O6/c1-20(2)11-16-39-24-10-7-22(19-25(24)37-3)27-26(28(34)21-5-8-23(31)9-6-21)29(35)30(36)33(27)13-4-12-32-14-17-38-18-15-32/h5-10,19-20,27,34H,4,11-18H2,1-3H3. The van der Waals surface area contributed by atoms with Gasteiger partial charge in [0.25, 0.3) is 11.7 Å². The van der Waals surface area contributed by atoms with Crippen LogP contribution in [0.15, 0.2) is 52.5 Å². The predicted octanol–water partition coefficient (Wildman–Crippen LogP) is 5.03. The van der Waals surface area contributed by atoms with Crippen molar-refractivity contribution in [3.05, 3.63) is 63.6 Å². The van der Waals surface area contributed by atoms with Gasteiger partial charge in [0.15, 0.2) is 11.5 Å². The molecular weight excluding hydrogens is 564 g/mol. The Morgan fingerprint density at radius 3 is 2.46 bits per heavy atom. The number of hydrogen-bond donors (Lipinski definition) is 1. The molecule has 0 saturated carbocycles. The number of aliphatic hydroxyl groups excluding tert-OH is 1. The van der Waals surface area contributed by atoms with E-state index < -0.39 is 17.7 Å². The van der Waals surface area contributed by atoms with Crippen LogP contribution in [0.4, 0.5) is 0 Å². The number of likely N-dealkylation sites (tertiary alicyclic amines) is 1. The second-order valence-electron chi connectivity index (χ2n) is 10.2. The molecule has 0 spiro atoms. The van der Waals surface area contributed by atoms with E-state index in [2.05, 4.69) is 34.7 Å². The third kappa shape index (κ3) is 7.01. The minimum absolute atomic E-state index is 0.0734. The van der Waals surface area contributed by atoms with Gasteiger partial charge in [-0.25, -0.2) is 0 Å². The molecule has 0 aliphatic carbocycles. The molecule has 2 aliphatic heterocycles. The third-order valence-electron chi connectivity index (χ3n) is 7.09. The number of ketones is 1. The summed E-state index contributed by atoms with van der Waals surface area (Å²) in [6.45, 7) is 9.08. The summed E-state index contributed by atoms with van der Waals surface area (Å²) in [6, 6.07) is 11.7. The number of aliphatic hydroxyl groups is 1. The molecule has 8 nitrogen and oxygen atoms in total. The SMILES string of the molecule is COc1cc(C2C(=C(O)c3ccc(Br)cc3)C(=O)C(=O)N2CCCN2CCOCC2)ccc1OCCC(C)C. The monoisotopic (exact) mass is 600 g/mol. The highest BCUT2D eigenvalue weighted by Gasteiger charge is 2.46. The average Bonchev–Trinajstić information content (AvgIpc) is 3.18. The van der Waals surface area contributed by atoms with Crippen LogP contribution in [-0.2, 0) is 14.3 Å². The molecular formula is C30H37BrN2O6. The van der Waals surface area contributed by atoms with E-state index in [0.29, 0.717) is 61.3 Å². The Morgan fingerprint density at radius 1 is 1.08 bits per heavy atom. The summed E-state index contributed by atoms with van der Waals surface area (Å²) in [5, 5.41) is 11.3. The topological polar surface area (TPSA) is 88.5 Å². The largest absolute Gasteiger partial charge is 0.507 e. The van der Waals surface area contributed by atoms with Crippen LogP contribution in [0.25, 0.3) is 5.76 Å². The van der Waals surface area contributed by atoms with Crippen molar-refractivity contribution in [1.29, 1.82) is 0 Å². The average molecular weight is 602 g/mol. The summed E-state index contributed by atoms with van der Waals surface area (Å²) in [5.74, 6) is 0.113. The first-order valence-corrected chi connectivity index (χ1v) is 14.2. The van der Waals surface area contributed by atoms with Crippen LogP contribution in [0.5, 0.6) is 11.5 Å². The number of methoxy groups -OCH3 is 1. The maximum absolute atomic E-state index is 13.4. The van der Waals surface area contributed by atoms with Crippen LogP contribution in [0, 0.1) is 5.92 Å². The molecule has 0 aromatic heterocycles. The lowest BCUT2D eigenvalue weighted by Crippen LogP contribution is -2.39. The number of halogens is 1. The molecule has 39 heavy (non-hydrogen) atoms. The smallest absolute Gasteiger partial charge is 0.295 e. The lowest BCUT2D eigenvalue weighted by Gasteiger charge is -2.29. The highest BCUT2D eigenvalue weighted by atomic mass is 79.9. The number of benzene rings is 2. The molecule has 2 saturated heterocycles. The van der Waals surface area contributed by atoms with Gasteiger partial charge < -0.3 is 24.2 Å². The van der Waals surface area contributed by atoms with E-state index in [4.69, 9.17) is 14.2 Å². The van der Waals surface area contributed by atoms with E-state index in [-0.39, 0.29) is 11.3 Å². The summed E-state index contributed by atoms with van der Waals surface area (Å²) >= 11 is 3.40. The molecule has 210 valence electrons. The molecule has 2 heterocycles. The van der Waals surface area contributed by atoms with Crippen LogP contribution in [0.2, 0.25) is 0 Å². The first kappa shape index (κ1) is 29.1. The Labute approximate surface area is 238 Å². The summed E-state index contributed by atoms with van der Waals surface area (Å²) in [7, 11) is 1.57. The van der Waals surface area contributed by atoms with Gasteiger partial charge in [0, 0.05) is 36.2 Å². The molecule has 1 atom stereocenters. The van der Waals surface area contributed by atoms with Gasteiger partial charge in [0.1, 0.15) is 5.76 Å². The van der Waals surface area contributed by atoms with Gasteiger partial charge in [0.05, 0.1) is 38.5 Å². The lowest BCUT2D eigenvalue weighted by atomic mass is 9.95. The van der Waals surface area contributed by atoms with Gasteiger partial charge in [-0.1, -0.05) is 48.0 Å². The molecule has 2 fully saturated rings. The molecule has 2 aromatic carbocycles. The van der Waals surface area contributed by atoms with E-state index in [1.54, 1.807) is 42.3 Å². The van der Waals surface area contributed by atoms with Crippen molar-refractivity contribution >= 4 is 33.4 Å². The van der Waals surface area contributed by atoms with Crippen molar-refractivity contribution in [2.45, 2.75) is 32.7 Å². The van der Waals surface area contributed by atoms with Gasteiger partial charge in [-0.3, -0.25) is 14.5 Å². The van der Waals surface area contributed by atoms with Crippen molar-refractivity contribution < 1.29 is 28.9 Å². The summed E-state index contributed by atoms with van der Waals surface area (Å²) < 4.78 is 17.9. The Kier molecular flexibility index (Phi) is 10.0.